The third-order valence-electron chi connectivity index (χ3n) is 7.64. The van der Waals surface area contributed by atoms with Crippen LogP contribution in [0.4, 0.5) is 0 Å². The van der Waals surface area contributed by atoms with Crippen LogP contribution in [0.25, 0.3) is 0 Å². The number of hydrogen-bond acceptors (Lipinski definition) is 7. The number of hydrogen-bond donors (Lipinski definition) is 0. The zero-order chi connectivity index (χ0) is 25.8. The van der Waals surface area contributed by atoms with E-state index in [9.17, 15) is 9.59 Å². The van der Waals surface area contributed by atoms with Crippen LogP contribution in [0.3, 0.4) is 0 Å². The minimum atomic E-state index is -0.00160. The lowest BCUT2D eigenvalue weighted by Gasteiger charge is -2.36. The summed E-state index contributed by atoms with van der Waals surface area (Å²) in [5, 5.41) is 0. The van der Waals surface area contributed by atoms with Crippen LogP contribution in [0, 0.1) is 11.8 Å². The van der Waals surface area contributed by atoms with Crippen LogP contribution in [-0.2, 0) is 23.8 Å². The molecule has 0 spiro atoms. The van der Waals surface area contributed by atoms with Gasteiger partial charge in [-0.3, -0.25) is 19.4 Å². The summed E-state index contributed by atoms with van der Waals surface area (Å²) in [6, 6.07) is 0.614. The number of Topliss-reactive ketones (excluding diaryl/α,β-unsaturated/α-hetero) is 2. The van der Waals surface area contributed by atoms with Crippen molar-refractivity contribution in [2.24, 2.45) is 11.8 Å². The molecule has 2 unspecified atom stereocenters. The van der Waals surface area contributed by atoms with Crippen molar-refractivity contribution in [2.75, 3.05) is 52.5 Å². The number of ketones is 2. The summed E-state index contributed by atoms with van der Waals surface area (Å²) in [5.41, 5.74) is 0. The molecule has 1 heterocycles. The van der Waals surface area contributed by atoms with Gasteiger partial charge in [-0.25, -0.2) is 0 Å². The molecule has 0 bridgehead atoms. The summed E-state index contributed by atoms with van der Waals surface area (Å²) in [5.74, 6) is 0.396. The highest BCUT2D eigenvalue weighted by atomic mass is 16.5. The van der Waals surface area contributed by atoms with E-state index >= 15 is 0 Å². The fraction of sp³-hybridized carbons (Fsp3) is 0.929. The number of ether oxygens (including phenoxy) is 3. The summed E-state index contributed by atoms with van der Waals surface area (Å²) in [6.45, 7) is 18.8. The fourth-order valence-electron chi connectivity index (χ4n) is 4.76. The lowest BCUT2D eigenvalue weighted by molar-refractivity contribution is -0.130. The molecule has 0 aromatic heterocycles. The quantitative estimate of drug-likeness (QED) is 0.300. The summed E-state index contributed by atoms with van der Waals surface area (Å²) < 4.78 is 17.8. The molecule has 2 aliphatic rings. The van der Waals surface area contributed by atoms with Crippen LogP contribution < -0.4 is 0 Å². The molecule has 1 aliphatic carbocycles. The fourth-order valence-corrected chi connectivity index (χ4v) is 4.76. The minimum Gasteiger partial charge on any atom is -0.375 e. The SMILES string of the molecule is CC(CCC(C)C(=O)COCCN1CCN(C(C)C)CC1)OC1CCC(OCC(=O)C(C)C)CC1. The molecule has 1 saturated carbocycles. The number of nitrogens with zero attached hydrogens (tertiary/aromatic N) is 2. The van der Waals surface area contributed by atoms with Gasteiger partial charge >= 0.3 is 0 Å². The summed E-state index contributed by atoms with van der Waals surface area (Å²) in [7, 11) is 0. The van der Waals surface area contributed by atoms with E-state index in [4.69, 9.17) is 14.2 Å². The van der Waals surface area contributed by atoms with Gasteiger partial charge < -0.3 is 14.2 Å². The van der Waals surface area contributed by atoms with E-state index in [1.807, 2.05) is 20.8 Å². The lowest BCUT2D eigenvalue weighted by Crippen LogP contribution is -2.49. The van der Waals surface area contributed by atoms with E-state index in [0.717, 1.165) is 71.2 Å². The molecule has 1 aliphatic heterocycles. The number of carbonyl (C=O) groups excluding carboxylic acids is 2. The third-order valence-corrected chi connectivity index (χ3v) is 7.64. The molecule has 35 heavy (non-hydrogen) atoms. The van der Waals surface area contributed by atoms with Gasteiger partial charge in [-0.05, 0) is 59.3 Å². The number of piperazine rings is 1. The first-order valence-corrected chi connectivity index (χ1v) is 14.0. The molecule has 204 valence electrons. The van der Waals surface area contributed by atoms with E-state index in [0.29, 0.717) is 12.6 Å². The Balaban J connectivity index is 1.50. The summed E-state index contributed by atoms with van der Waals surface area (Å²) in [4.78, 5) is 29.2. The summed E-state index contributed by atoms with van der Waals surface area (Å²) >= 11 is 0. The molecule has 0 radical (unpaired) electrons. The van der Waals surface area contributed by atoms with Crippen LogP contribution >= 0.6 is 0 Å². The van der Waals surface area contributed by atoms with Gasteiger partial charge in [0.25, 0.3) is 0 Å². The van der Waals surface area contributed by atoms with Gasteiger partial charge in [0.15, 0.2) is 11.6 Å². The Kier molecular flexibility index (Phi) is 14.0. The lowest BCUT2D eigenvalue weighted by atomic mass is 9.94. The molecular weight excluding hydrogens is 444 g/mol. The van der Waals surface area contributed by atoms with Crippen molar-refractivity contribution in [1.82, 2.24) is 9.80 Å². The second-order valence-corrected chi connectivity index (χ2v) is 11.2. The average Bonchev–Trinajstić information content (AvgIpc) is 2.84. The van der Waals surface area contributed by atoms with Crippen molar-refractivity contribution >= 4 is 11.6 Å². The standard InChI is InChI=1S/C28H52N2O5/c1-21(2)27(31)20-34-25-9-11-26(12-10-25)35-24(6)8-7-23(5)28(32)19-33-18-17-29-13-15-30(16-14-29)22(3)4/h21-26H,7-20H2,1-6H3. The van der Waals surface area contributed by atoms with Crippen molar-refractivity contribution in [2.45, 2.75) is 104 Å². The molecule has 2 fully saturated rings. The smallest absolute Gasteiger partial charge is 0.161 e. The van der Waals surface area contributed by atoms with Crippen LogP contribution in [-0.4, -0.2) is 98.3 Å². The minimum absolute atomic E-state index is 0.00160. The van der Waals surface area contributed by atoms with E-state index in [-0.39, 0.29) is 54.9 Å². The Bertz CT molecular complexity index is 610. The highest BCUT2D eigenvalue weighted by molar-refractivity contribution is 5.82. The van der Waals surface area contributed by atoms with Gasteiger partial charge in [0.1, 0.15) is 13.2 Å². The first-order valence-electron chi connectivity index (χ1n) is 14.0. The Labute approximate surface area is 214 Å². The summed E-state index contributed by atoms with van der Waals surface area (Å²) in [6.07, 6.45) is 6.12. The highest BCUT2D eigenvalue weighted by Gasteiger charge is 2.25. The first kappa shape index (κ1) is 30.4. The topological polar surface area (TPSA) is 68.3 Å². The van der Waals surface area contributed by atoms with Gasteiger partial charge in [-0.15, -0.1) is 0 Å². The van der Waals surface area contributed by atoms with Crippen molar-refractivity contribution in [3.63, 3.8) is 0 Å². The van der Waals surface area contributed by atoms with Gasteiger partial charge in [0.05, 0.1) is 24.9 Å². The molecule has 2 rings (SSSR count). The first-order chi connectivity index (χ1) is 16.7. The molecule has 0 N–H and O–H groups in total. The van der Waals surface area contributed by atoms with Crippen molar-refractivity contribution in [3.8, 4) is 0 Å². The Morgan fingerprint density at radius 3 is 2.03 bits per heavy atom. The maximum Gasteiger partial charge on any atom is 0.161 e. The Morgan fingerprint density at radius 1 is 0.800 bits per heavy atom. The Morgan fingerprint density at radius 2 is 1.43 bits per heavy atom. The molecule has 0 aromatic carbocycles. The van der Waals surface area contributed by atoms with E-state index in [1.165, 1.54) is 0 Å². The molecular formula is C28H52N2O5. The van der Waals surface area contributed by atoms with Crippen LogP contribution in [0.2, 0.25) is 0 Å². The van der Waals surface area contributed by atoms with Crippen molar-refractivity contribution in [3.05, 3.63) is 0 Å². The molecule has 2 atom stereocenters. The van der Waals surface area contributed by atoms with Crippen LogP contribution in [0.15, 0.2) is 0 Å². The highest BCUT2D eigenvalue weighted by Crippen LogP contribution is 2.25. The predicted octanol–water partition coefficient (Wildman–Crippen LogP) is 3.97. The normalized spacial score (nSPS) is 24.1. The van der Waals surface area contributed by atoms with Gasteiger partial charge in [-0.1, -0.05) is 20.8 Å². The van der Waals surface area contributed by atoms with E-state index in [2.05, 4.69) is 30.6 Å². The average molecular weight is 497 g/mol. The van der Waals surface area contributed by atoms with Crippen molar-refractivity contribution < 1.29 is 23.8 Å². The number of carbonyl (C=O) groups is 2. The maximum atomic E-state index is 12.5. The molecule has 7 nitrogen and oxygen atoms in total. The third kappa shape index (κ3) is 11.8. The van der Waals surface area contributed by atoms with E-state index in [1.54, 1.807) is 0 Å². The number of rotatable bonds is 16. The predicted molar refractivity (Wildman–Crippen MR) is 140 cm³/mol. The van der Waals surface area contributed by atoms with Gasteiger partial charge in [0.2, 0.25) is 0 Å². The van der Waals surface area contributed by atoms with Crippen LogP contribution in [0.5, 0.6) is 0 Å². The van der Waals surface area contributed by atoms with Crippen molar-refractivity contribution in [1.29, 1.82) is 0 Å². The zero-order valence-corrected chi connectivity index (χ0v) is 23.3. The largest absolute Gasteiger partial charge is 0.375 e. The molecule has 7 heteroatoms. The van der Waals surface area contributed by atoms with E-state index < -0.39 is 0 Å². The zero-order valence-electron chi connectivity index (χ0n) is 23.3. The molecule has 0 aromatic rings. The monoisotopic (exact) mass is 496 g/mol. The molecule has 0 amide bonds. The maximum absolute atomic E-state index is 12.5. The van der Waals surface area contributed by atoms with Gasteiger partial charge in [0, 0.05) is 50.6 Å². The second kappa shape index (κ2) is 16.1. The Hall–Kier alpha value is -0.860. The van der Waals surface area contributed by atoms with Gasteiger partial charge in [-0.2, -0.15) is 0 Å². The second-order valence-electron chi connectivity index (χ2n) is 11.2. The molecule has 1 saturated heterocycles. The van der Waals surface area contributed by atoms with Crippen LogP contribution in [0.1, 0.15) is 80.1 Å².